The van der Waals surface area contributed by atoms with Crippen LogP contribution in [0.4, 0.5) is 11.4 Å². The molecule has 5 rings (SSSR count). The Hall–Kier alpha value is -3.07. The first-order valence-electron chi connectivity index (χ1n) is 8.64. The van der Waals surface area contributed by atoms with Crippen LogP contribution in [-0.2, 0) is 0 Å². The smallest absolute Gasteiger partial charge is 0.136 e. The fraction of sp³-hybridized carbons (Fsp3) is 0.136. The Morgan fingerprint density at radius 1 is 0.760 bits per heavy atom. The Kier molecular flexibility index (Phi) is 3.14. The average molecular weight is 325 g/mol. The van der Waals surface area contributed by atoms with Gasteiger partial charge in [0.15, 0.2) is 0 Å². The summed E-state index contributed by atoms with van der Waals surface area (Å²) >= 11 is 0. The van der Waals surface area contributed by atoms with Gasteiger partial charge in [-0.1, -0.05) is 66.7 Å². The maximum atomic E-state index is 5.07. The van der Waals surface area contributed by atoms with Crippen molar-refractivity contribution in [1.29, 1.82) is 0 Å². The first kappa shape index (κ1) is 14.3. The second-order valence-corrected chi connectivity index (χ2v) is 6.59. The molecule has 0 unspecified atom stereocenters. The van der Waals surface area contributed by atoms with Gasteiger partial charge in [-0.2, -0.15) is 5.10 Å². The molecule has 3 heteroatoms. The Labute approximate surface area is 147 Å². The highest BCUT2D eigenvalue weighted by molar-refractivity contribution is 6.10. The number of benzene rings is 3. The maximum Gasteiger partial charge on any atom is 0.136 e. The van der Waals surface area contributed by atoms with Crippen LogP contribution in [0.2, 0.25) is 0 Å². The van der Waals surface area contributed by atoms with Crippen molar-refractivity contribution in [3.05, 3.63) is 96.1 Å². The normalized spacial score (nSPS) is 21.1. The number of para-hydroxylation sites is 2. The summed E-state index contributed by atoms with van der Waals surface area (Å²) in [5.74, 6) is 0.254. The van der Waals surface area contributed by atoms with Crippen molar-refractivity contribution in [1.82, 2.24) is 0 Å². The third kappa shape index (κ3) is 2.09. The van der Waals surface area contributed by atoms with Gasteiger partial charge in [0.1, 0.15) is 6.17 Å². The van der Waals surface area contributed by atoms with E-state index < -0.39 is 0 Å². The summed E-state index contributed by atoms with van der Waals surface area (Å²) in [6.45, 7) is 0. The van der Waals surface area contributed by atoms with Gasteiger partial charge in [-0.25, -0.2) is 5.01 Å². The fourth-order valence-corrected chi connectivity index (χ4v) is 4.07. The molecule has 0 aliphatic carbocycles. The van der Waals surface area contributed by atoms with Gasteiger partial charge in [-0.15, -0.1) is 0 Å². The van der Waals surface area contributed by atoms with Crippen molar-refractivity contribution in [3.8, 4) is 0 Å². The zero-order chi connectivity index (χ0) is 16.8. The average Bonchev–Trinajstić information content (AvgIpc) is 3.21. The molecule has 3 aromatic carbocycles. The molecule has 2 heterocycles. The number of hydrogen-bond donors (Lipinski definition) is 0. The molecule has 0 aromatic heterocycles. The van der Waals surface area contributed by atoms with Crippen LogP contribution in [-0.4, -0.2) is 18.9 Å². The van der Waals surface area contributed by atoms with E-state index in [2.05, 4.69) is 95.8 Å². The van der Waals surface area contributed by atoms with E-state index in [0.29, 0.717) is 0 Å². The van der Waals surface area contributed by atoms with Gasteiger partial charge in [0.05, 0.1) is 17.3 Å². The Morgan fingerprint density at radius 3 is 2.16 bits per heavy atom. The summed E-state index contributed by atoms with van der Waals surface area (Å²) in [4.78, 5) is 2.35. The second kappa shape index (κ2) is 5.49. The van der Waals surface area contributed by atoms with Crippen molar-refractivity contribution in [2.45, 2.75) is 12.1 Å². The van der Waals surface area contributed by atoms with Crippen LogP contribution < -0.4 is 9.91 Å². The molecular weight excluding hydrogens is 306 g/mol. The van der Waals surface area contributed by atoms with Crippen LogP contribution in [0.3, 0.4) is 0 Å². The Bertz CT molecular complexity index is 934. The van der Waals surface area contributed by atoms with E-state index in [0.717, 1.165) is 11.4 Å². The van der Waals surface area contributed by atoms with E-state index in [1.807, 2.05) is 6.07 Å². The van der Waals surface area contributed by atoms with Gasteiger partial charge < -0.3 is 4.90 Å². The summed E-state index contributed by atoms with van der Waals surface area (Å²) in [7, 11) is 2.17. The predicted molar refractivity (Wildman–Crippen MR) is 103 cm³/mol. The largest absolute Gasteiger partial charge is 0.352 e. The van der Waals surface area contributed by atoms with Crippen molar-refractivity contribution in [2.24, 2.45) is 5.10 Å². The topological polar surface area (TPSA) is 18.8 Å². The van der Waals surface area contributed by atoms with Crippen LogP contribution >= 0.6 is 0 Å². The SMILES string of the molecule is CN1c2ccccc2[C@@H]2C(c3ccccc3)=NN(c3ccccc3)[C@@H]21. The summed E-state index contributed by atoms with van der Waals surface area (Å²) < 4.78 is 0. The molecule has 0 saturated heterocycles. The van der Waals surface area contributed by atoms with Gasteiger partial charge in [0.2, 0.25) is 0 Å². The maximum absolute atomic E-state index is 5.07. The number of anilines is 2. The number of rotatable bonds is 2. The number of likely N-dealkylation sites (N-methyl/N-ethyl adjacent to an activating group) is 1. The minimum atomic E-state index is 0.176. The van der Waals surface area contributed by atoms with Crippen molar-refractivity contribution < 1.29 is 0 Å². The van der Waals surface area contributed by atoms with E-state index in [9.17, 15) is 0 Å². The van der Waals surface area contributed by atoms with E-state index in [-0.39, 0.29) is 12.1 Å². The third-order valence-corrected chi connectivity index (χ3v) is 5.20. The van der Waals surface area contributed by atoms with Crippen LogP contribution in [0.1, 0.15) is 17.0 Å². The molecule has 3 aromatic rings. The Morgan fingerprint density at radius 2 is 1.40 bits per heavy atom. The summed E-state index contributed by atoms with van der Waals surface area (Å²) in [6, 6.07) is 29.7. The van der Waals surface area contributed by atoms with Crippen LogP contribution in [0, 0.1) is 0 Å². The molecule has 0 amide bonds. The van der Waals surface area contributed by atoms with Crippen molar-refractivity contribution in [3.63, 3.8) is 0 Å². The molecule has 3 nitrogen and oxygen atoms in total. The highest BCUT2D eigenvalue weighted by Gasteiger charge is 2.47. The molecular formula is C22H19N3. The molecule has 2 aliphatic rings. The number of hydrogen-bond acceptors (Lipinski definition) is 3. The minimum Gasteiger partial charge on any atom is -0.352 e. The highest BCUT2D eigenvalue weighted by atomic mass is 15.6. The molecule has 0 bridgehead atoms. The lowest BCUT2D eigenvalue weighted by molar-refractivity contribution is 0.634. The summed E-state index contributed by atoms with van der Waals surface area (Å²) in [5.41, 5.74) is 6.12. The zero-order valence-electron chi connectivity index (χ0n) is 14.1. The third-order valence-electron chi connectivity index (χ3n) is 5.20. The van der Waals surface area contributed by atoms with Crippen LogP contribution in [0.15, 0.2) is 90.0 Å². The molecule has 0 N–H and O–H groups in total. The molecule has 2 aliphatic heterocycles. The van der Waals surface area contributed by atoms with E-state index >= 15 is 0 Å². The van der Waals surface area contributed by atoms with Gasteiger partial charge >= 0.3 is 0 Å². The number of nitrogens with zero attached hydrogens (tertiary/aromatic N) is 3. The summed E-state index contributed by atoms with van der Waals surface area (Å²) in [6.07, 6.45) is 0.176. The fourth-order valence-electron chi connectivity index (χ4n) is 4.07. The quantitative estimate of drug-likeness (QED) is 0.692. The lowest BCUT2D eigenvalue weighted by atomic mass is 9.90. The first-order valence-corrected chi connectivity index (χ1v) is 8.64. The van der Waals surface area contributed by atoms with E-state index in [1.54, 1.807) is 0 Å². The van der Waals surface area contributed by atoms with E-state index in [4.69, 9.17) is 5.10 Å². The van der Waals surface area contributed by atoms with Crippen LogP contribution in [0.5, 0.6) is 0 Å². The van der Waals surface area contributed by atoms with Gasteiger partial charge in [-0.05, 0) is 29.3 Å². The monoisotopic (exact) mass is 325 g/mol. The highest BCUT2D eigenvalue weighted by Crippen LogP contribution is 2.47. The first-order chi connectivity index (χ1) is 12.3. The van der Waals surface area contributed by atoms with Crippen LogP contribution in [0.25, 0.3) is 0 Å². The standard InChI is InChI=1S/C22H19N3/c1-24-19-15-9-8-14-18(19)20-21(16-10-4-2-5-11-16)23-25(22(20)24)17-12-6-3-7-13-17/h2-15,20,22H,1H3/t20-,22+/m1/s1. The van der Waals surface area contributed by atoms with Crippen molar-refractivity contribution in [2.75, 3.05) is 17.0 Å². The lowest BCUT2D eigenvalue weighted by Crippen LogP contribution is -2.41. The van der Waals surface area contributed by atoms with Gasteiger partial charge in [0.25, 0.3) is 0 Å². The molecule has 0 fully saturated rings. The number of hydrazone groups is 1. The Balaban J connectivity index is 1.70. The van der Waals surface area contributed by atoms with Gasteiger partial charge in [0, 0.05) is 12.7 Å². The number of fused-ring (bicyclic) bond motifs is 3. The molecule has 2 atom stereocenters. The van der Waals surface area contributed by atoms with Gasteiger partial charge in [-0.3, -0.25) is 0 Å². The predicted octanol–water partition coefficient (Wildman–Crippen LogP) is 4.47. The van der Waals surface area contributed by atoms with E-state index in [1.165, 1.54) is 16.8 Å². The minimum absolute atomic E-state index is 0.176. The second-order valence-electron chi connectivity index (χ2n) is 6.59. The zero-order valence-corrected chi connectivity index (χ0v) is 14.1. The molecule has 0 radical (unpaired) electrons. The molecule has 0 spiro atoms. The molecule has 0 saturated carbocycles. The molecule has 25 heavy (non-hydrogen) atoms. The van der Waals surface area contributed by atoms with Crippen molar-refractivity contribution >= 4 is 17.1 Å². The summed E-state index contributed by atoms with van der Waals surface area (Å²) in [5, 5.41) is 7.24. The lowest BCUT2D eigenvalue weighted by Gasteiger charge is -2.30. The molecule has 122 valence electrons.